The molecule has 0 saturated carbocycles. The highest BCUT2D eigenvalue weighted by Gasteiger charge is 2.38. The number of aromatic nitrogens is 4. The summed E-state index contributed by atoms with van der Waals surface area (Å²) in [6.07, 6.45) is 0.630. The first-order chi connectivity index (χ1) is 16.9. The number of hydrogen-bond donors (Lipinski definition) is 2. The highest BCUT2D eigenvalue weighted by molar-refractivity contribution is 5.92. The molecular formula is C24H32F3N7O2. The first kappa shape index (κ1) is 25.4. The van der Waals surface area contributed by atoms with Gasteiger partial charge in [-0.1, -0.05) is 20.8 Å². The fourth-order valence-corrected chi connectivity index (χ4v) is 4.16. The van der Waals surface area contributed by atoms with Gasteiger partial charge in [0.2, 0.25) is 11.8 Å². The molecule has 4 heterocycles. The van der Waals surface area contributed by atoms with E-state index in [0.29, 0.717) is 29.4 Å². The smallest absolute Gasteiger partial charge is 0.345 e. The topological polar surface area (TPSA) is 107 Å². The summed E-state index contributed by atoms with van der Waals surface area (Å²) in [4.78, 5) is 45.2. The Labute approximate surface area is 209 Å². The number of nitrogens with zero attached hydrogens (tertiary/aromatic N) is 5. The predicted molar refractivity (Wildman–Crippen MR) is 132 cm³/mol. The summed E-state index contributed by atoms with van der Waals surface area (Å²) in [7, 11) is 0. The van der Waals surface area contributed by atoms with Gasteiger partial charge in [-0.25, -0.2) is 15.0 Å². The fourth-order valence-electron chi connectivity index (χ4n) is 4.16. The minimum Gasteiger partial charge on any atom is -0.345 e. The van der Waals surface area contributed by atoms with Crippen LogP contribution < -0.4 is 10.2 Å². The third-order valence-electron chi connectivity index (χ3n) is 5.81. The lowest BCUT2D eigenvalue weighted by molar-refractivity contribution is -0.141. The number of fused-ring (bicyclic) bond motifs is 1. The van der Waals surface area contributed by atoms with Gasteiger partial charge in [0.15, 0.2) is 5.82 Å². The number of anilines is 1. The number of carbonyl (C=O) groups is 2. The second-order valence-electron chi connectivity index (χ2n) is 9.96. The third-order valence-corrected chi connectivity index (χ3v) is 5.81. The minimum atomic E-state index is -4.55. The molecule has 4 rings (SSSR count). The molecule has 0 aromatic carbocycles. The first-order valence-corrected chi connectivity index (χ1v) is 11.6. The second kappa shape index (κ2) is 9.75. The van der Waals surface area contributed by atoms with Crippen LogP contribution in [0.4, 0.5) is 19.0 Å². The molecule has 196 valence electrons. The summed E-state index contributed by atoms with van der Waals surface area (Å²) in [5, 5.41) is 2.78. The maximum Gasteiger partial charge on any atom is 0.405 e. The van der Waals surface area contributed by atoms with E-state index in [-0.39, 0.29) is 33.7 Å². The number of H-pyrrole nitrogens is 1. The Morgan fingerprint density at radius 2 is 1.94 bits per heavy atom. The van der Waals surface area contributed by atoms with Crippen LogP contribution in [-0.4, -0.2) is 75.0 Å². The summed E-state index contributed by atoms with van der Waals surface area (Å²) in [5.74, 6) is -0.205. The number of pyridine rings is 1. The Bertz CT molecular complexity index is 1260. The van der Waals surface area contributed by atoms with Crippen molar-refractivity contribution in [1.82, 2.24) is 30.2 Å². The Morgan fingerprint density at radius 1 is 1.17 bits per heavy atom. The van der Waals surface area contributed by atoms with Crippen molar-refractivity contribution in [3.63, 3.8) is 0 Å². The molecule has 2 amide bonds. The van der Waals surface area contributed by atoms with Gasteiger partial charge in [0.05, 0.1) is 6.54 Å². The summed E-state index contributed by atoms with van der Waals surface area (Å²) in [6.45, 7) is 4.82. The zero-order valence-corrected chi connectivity index (χ0v) is 20.3. The maximum atomic E-state index is 12.9. The molecule has 1 saturated heterocycles. The standard InChI is InChI=1S/C24H28F3N7O2.2H2/c1-23(2,3)11-19(35)33-9-10-34(17(13-33)22(36)31-14-24(25,26)27)18-6-8-29-21(32-18)16-12-30-20-15(16)5-4-7-28-20;;/h4-8,12,17H,9-11,13-14H2,1-3H3,(H,28,30)(H,31,36);2*1H/t17-;;/m1../s1. The third kappa shape index (κ3) is 5.92. The number of carbonyl (C=O) groups excluding carboxylic acids is 2. The van der Waals surface area contributed by atoms with Gasteiger partial charge in [0.25, 0.3) is 0 Å². The average Bonchev–Trinajstić information content (AvgIpc) is 3.25. The summed E-state index contributed by atoms with van der Waals surface area (Å²) in [5.41, 5.74) is 1.10. The molecule has 1 aliphatic heterocycles. The number of amides is 2. The number of rotatable bonds is 5. The predicted octanol–water partition coefficient (Wildman–Crippen LogP) is 3.64. The van der Waals surface area contributed by atoms with Crippen LogP contribution in [0.5, 0.6) is 0 Å². The van der Waals surface area contributed by atoms with E-state index >= 15 is 0 Å². The van der Waals surface area contributed by atoms with Crippen LogP contribution in [-0.2, 0) is 9.59 Å². The van der Waals surface area contributed by atoms with E-state index in [4.69, 9.17) is 0 Å². The minimum absolute atomic E-state index is 0. The largest absolute Gasteiger partial charge is 0.405 e. The van der Waals surface area contributed by atoms with Crippen molar-refractivity contribution in [2.75, 3.05) is 31.1 Å². The van der Waals surface area contributed by atoms with Gasteiger partial charge in [-0.15, -0.1) is 0 Å². The van der Waals surface area contributed by atoms with Crippen molar-refractivity contribution in [1.29, 1.82) is 0 Å². The molecule has 1 fully saturated rings. The molecule has 1 aliphatic rings. The maximum absolute atomic E-state index is 12.9. The monoisotopic (exact) mass is 507 g/mol. The van der Waals surface area contributed by atoms with E-state index in [1.807, 2.05) is 32.2 Å². The van der Waals surface area contributed by atoms with Gasteiger partial charge in [0, 0.05) is 51.9 Å². The van der Waals surface area contributed by atoms with Gasteiger partial charge in [-0.05, 0) is 23.6 Å². The second-order valence-corrected chi connectivity index (χ2v) is 9.96. The Kier molecular flexibility index (Phi) is 6.87. The molecular weight excluding hydrogens is 475 g/mol. The van der Waals surface area contributed by atoms with Crippen molar-refractivity contribution in [2.24, 2.45) is 5.41 Å². The van der Waals surface area contributed by atoms with Crippen LogP contribution in [0.15, 0.2) is 36.8 Å². The number of halogens is 3. The Morgan fingerprint density at radius 3 is 2.67 bits per heavy atom. The molecule has 0 spiro atoms. The lowest BCUT2D eigenvalue weighted by Crippen LogP contribution is -2.61. The Hall–Kier alpha value is -3.70. The molecule has 12 heteroatoms. The van der Waals surface area contributed by atoms with E-state index in [1.54, 1.807) is 29.4 Å². The zero-order valence-electron chi connectivity index (χ0n) is 20.3. The molecule has 0 radical (unpaired) electrons. The average molecular weight is 508 g/mol. The fraction of sp³-hybridized carbons (Fsp3) is 0.458. The molecule has 2 N–H and O–H groups in total. The van der Waals surface area contributed by atoms with Crippen molar-refractivity contribution < 1.29 is 25.6 Å². The van der Waals surface area contributed by atoms with Crippen LogP contribution in [0.1, 0.15) is 30.0 Å². The van der Waals surface area contributed by atoms with Crippen molar-refractivity contribution in [3.8, 4) is 11.4 Å². The van der Waals surface area contributed by atoms with Crippen LogP contribution >= 0.6 is 0 Å². The highest BCUT2D eigenvalue weighted by Crippen LogP contribution is 2.28. The number of aromatic amines is 1. The quantitative estimate of drug-likeness (QED) is 0.546. The molecule has 3 aromatic rings. The van der Waals surface area contributed by atoms with Gasteiger partial charge in [0.1, 0.15) is 24.1 Å². The summed E-state index contributed by atoms with van der Waals surface area (Å²) in [6, 6.07) is 4.22. The number of piperazine rings is 1. The molecule has 1 atom stereocenters. The molecule has 3 aromatic heterocycles. The normalized spacial score (nSPS) is 16.9. The zero-order chi connectivity index (χ0) is 26.1. The van der Waals surface area contributed by atoms with Gasteiger partial charge in [-0.3, -0.25) is 9.59 Å². The van der Waals surface area contributed by atoms with E-state index < -0.39 is 24.7 Å². The number of nitrogens with one attached hydrogen (secondary N) is 2. The highest BCUT2D eigenvalue weighted by atomic mass is 19.4. The molecule has 9 nitrogen and oxygen atoms in total. The SMILES string of the molecule is CC(C)(C)CC(=O)N1CCN(c2ccnc(-c3c[nH]c4ncccc34)n2)[C@@H](C(=O)NCC(F)(F)F)C1.[HH].[HH]. The molecule has 36 heavy (non-hydrogen) atoms. The van der Waals surface area contributed by atoms with Crippen molar-refractivity contribution >= 4 is 28.7 Å². The molecule has 0 bridgehead atoms. The lowest BCUT2D eigenvalue weighted by Gasteiger charge is -2.41. The Balaban J connectivity index is 0.00000253. The molecule has 0 aliphatic carbocycles. The van der Waals surface area contributed by atoms with E-state index in [0.717, 1.165) is 5.39 Å². The van der Waals surface area contributed by atoms with Crippen LogP contribution in [0.2, 0.25) is 0 Å². The van der Waals surface area contributed by atoms with E-state index in [9.17, 15) is 22.8 Å². The lowest BCUT2D eigenvalue weighted by atomic mass is 9.91. The summed E-state index contributed by atoms with van der Waals surface area (Å²) < 4.78 is 38.4. The summed E-state index contributed by atoms with van der Waals surface area (Å²) >= 11 is 0. The van der Waals surface area contributed by atoms with E-state index in [1.165, 1.54) is 11.1 Å². The van der Waals surface area contributed by atoms with Gasteiger partial charge in [-0.2, -0.15) is 13.2 Å². The molecule has 0 unspecified atom stereocenters. The van der Waals surface area contributed by atoms with Crippen LogP contribution in [0, 0.1) is 5.41 Å². The van der Waals surface area contributed by atoms with Crippen LogP contribution in [0.25, 0.3) is 22.4 Å². The van der Waals surface area contributed by atoms with Crippen molar-refractivity contribution in [2.45, 2.75) is 39.4 Å². The van der Waals surface area contributed by atoms with Crippen LogP contribution in [0.3, 0.4) is 0 Å². The van der Waals surface area contributed by atoms with E-state index in [2.05, 4.69) is 19.9 Å². The number of hydrogen-bond acceptors (Lipinski definition) is 6. The van der Waals surface area contributed by atoms with Gasteiger partial charge < -0.3 is 20.1 Å². The number of alkyl halides is 3. The first-order valence-electron chi connectivity index (χ1n) is 11.6. The van der Waals surface area contributed by atoms with Crippen molar-refractivity contribution in [3.05, 3.63) is 36.8 Å². The van der Waals surface area contributed by atoms with Gasteiger partial charge >= 0.3 is 6.18 Å².